The minimum Gasteiger partial charge on any atom is -0.477 e. The summed E-state index contributed by atoms with van der Waals surface area (Å²) in [6.45, 7) is 10.2. The van der Waals surface area contributed by atoms with Gasteiger partial charge in [-0.3, -0.25) is 4.79 Å². The van der Waals surface area contributed by atoms with E-state index in [4.69, 9.17) is 16.3 Å². The molecule has 2 aromatic heterocycles. The first-order valence-corrected chi connectivity index (χ1v) is 10.1. The Balaban J connectivity index is 0.000000749. The van der Waals surface area contributed by atoms with E-state index in [2.05, 4.69) is 39.7 Å². The van der Waals surface area contributed by atoms with Crippen LogP contribution in [0.4, 0.5) is 5.82 Å². The van der Waals surface area contributed by atoms with Crippen molar-refractivity contribution in [2.24, 2.45) is 0 Å². The molecule has 7 heteroatoms. The molecule has 0 spiro atoms. The van der Waals surface area contributed by atoms with Gasteiger partial charge in [-0.1, -0.05) is 30.7 Å². The highest BCUT2D eigenvalue weighted by atomic mass is 35.5. The number of hydrogen-bond donors (Lipinski definition) is 2. The van der Waals surface area contributed by atoms with E-state index < -0.39 is 0 Å². The van der Waals surface area contributed by atoms with Gasteiger partial charge in [0, 0.05) is 24.5 Å². The van der Waals surface area contributed by atoms with Crippen LogP contribution in [0, 0.1) is 6.92 Å². The van der Waals surface area contributed by atoms with Crippen LogP contribution in [0.1, 0.15) is 61.8 Å². The van der Waals surface area contributed by atoms with Crippen molar-refractivity contribution in [3.05, 3.63) is 58.4 Å². The third-order valence-electron chi connectivity index (χ3n) is 3.90. The van der Waals surface area contributed by atoms with Gasteiger partial charge in [0.05, 0.1) is 12.6 Å². The number of hydrogen-bond acceptors (Lipinski definition) is 5. The lowest BCUT2D eigenvalue weighted by Crippen LogP contribution is -2.27. The van der Waals surface area contributed by atoms with Gasteiger partial charge in [-0.25, -0.2) is 9.97 Å². The Morgan fingerprint density at radius 2 is 2.03 bits per heavy atom. The lowest BCUT2D eigenvalue weighted by molar-refractivity contribution is 0.0939. The maximum atomic E-state index is 12.5. The van der Waals surface area contributed by atoms with E-state index in [-0.39, 0.29) is 11.9 Å². The van der Waals surface area contributed by atoms with Crippen molar-refractivity contribution < 1.29 is 9.53 Å². The summed E-state index contributed by atoms with van der Waals surface area (Å²) in [6, 6.07) is 4.95. The number of pyridine rings is 2. The van der Waals surface area contributed by atoms with E-state index in [1.807, 2.05) is 27.7 Å². The molecule has 0 aliphatic rings. The molecule has 2 aromatic rings. The highest BCUT2D eigenvalue weighted by Crippen LogP contribution is 2.25. The maximum absolute atomic E-state index is 12.5. The van der Waals surface area contributed by atoms with Gasteiger partial charge in [0.1, 0.15) is 10.8 Å². The molecular weight excluding hydrogens is 388 g/mol. The van der Waals surface area contributed by atoms with E-state index in [9.17, 15) is 4.79 Å². The molecule has 0 aliphatic heterocycles. The lowest BCUT2D eigenvalue weighted by atomic mass is 10.1. The number of anilines is 1. The van der Waals surface area contributed by atoms with Crippen molar-refractivity contribution in [2.45, 2.75) is 47.1 Å². The Morgan fingerprint density at radius 1 is 1.31 bits per heavy atom. The molecule has 1 atom stereocenters. The monoisotopic (exact) mass is 418 g/mol. The number of amides is 1. The largest absolute Gasteiger partial charge is 0.477 e. The molecule has 0 fully saturated rings. The average molecular weight is 419 g/mol. The molecule has 0 aromatic carbocycles. The zero-order chi connectivity index (χ0) is 21.8. The van der Waals surface area contributed by atoms with Crippen LogP contribution in [0.2, 0.25) is 5.02 Å². The van der Waals surface area contributed by atoms with E-state index >= 15 is 0 Å². The van der Waals surface area contributed by atoms with E-state index in [0.29, 0.717) is 28.9 Å². The molecule has 0 saturated heterocycles. The first-order chi connectivity index (χ1) is 13.9. The minimum atomic E-state index is -0.246. The summed E-state index contributed by atoms with van der Waals surface area (Å²) < 4.78 is 5.32. The number of halogens is 1. The molecule has 158 valence electrons. The average Bonchev–Trinajstić information content (AvgIpc) is 2.70. The van der Waals surface area contributed by atoms with Crippen molar-refractivity contribution in [1.29, 1.82) is 0 Å². The first kappa shape index (κ1) is 24.4. The molecule has 2 N–H and O–H groups in total. The van der Waals surface area contributed by atoms with Gasteiger partial charge < -0.3 is 15.4 Å². The van der Waals surface area contributed by atoms with Crippen LogP contribution in [0.3, 0.4) is 0 Å². The second-order valence-corrected chi connectivity index (χ2v) is 6.70. The molecular formula is C22H31ClN4O2. The fraction of sp³-hybridized carbons (Fsp3) is 0.409. The fourth-order valence-electron chi connectivity index (χ4n) is 2.45. The summed E-state index contributed by atoms with van der Waals surface area (Å²) in [5.74, 6) is 0.859. The van der Waals surface area contributed by atoms with Gasteiger partial charge >= 0.3 is 0 Å². The molecule has 0 aliphatic carbocycles. The zero-order valence-electron chi connectivity index (χ0n) is 18.0. The van der Waals surface area contributed by atoms with E-state index in [1.54, 1.807) is 31.4 Å². The van der Waals surface area contributed by atoms with Gasteiger partial charge in [0.25, 0.3) is 5.91 Å². The number of ether oxygens (including phenoxy) is 1. The Kier molecular flexibility index (Phi) is 10.8. The molecule has 0 radical (unpaired) electrons. The van der Waals surface area contributed by atoms with E-state index in [0.717, 1.165) is 17.7 Å². The first-order valence-electron chi connectivity index (χ1n) is 9.72. The topological polar surface area (TPSA) is 76.1 Å². The number of carbonyl (C=O) groups is 1. The smallest absolute Gasteiger partial charge is 0.251 e. The standard InChI is InChI=1S/C17H21ClN4O2.C5H10/c1-5-24-17-14(18)7-13(9-20-17)11(3)22-16(23)12-6-10(2)21-15(8-12)19-4;1-3-5-4-2/h6-9,11H,5H2,1-4H3,(H,19,21)(H,22,23);3,5H,4H2,1-2H3/b;5-3-. The Bertz CT molecular complexity index is 824. The van der Waals surface area contributed by atoms with Crippen molar-refractivity contribution in [3.63, 3.8) is 0 Å². The predicted molar refractivity (Wildman–Crippen MR) is 120 cm³/mol. The minimum absolute atomic E-state index is 0.186. The molecule has 2 rings (SSSR count). The van der Waals surface area contributed by atoms with E-state index in [1.165, 1.54) is 0 Å². The van der Waals surface area contributed by atoms with Crippen molar-refractivity contribution >= 4 is 23.3 Å². The molecule has 0 saturated carbocycles. The molecule has 29 heavy (non-hydrogen) atoms. The van der Waals surface area contributed by atoms with Crippen LogP contribution in [-0.2, 0) is 0 Å². The van der Waals surface area contributed by atoms with Crippen molar-refractivity contribution in [1.82, 2.24) is 15.3 Å². The number of allylic oxidation sites excluding steroid dienone is 2. The quantitative estimate of drug-likeness (QED) is 0.593. The van der Waals surface area contributed by atoms with Crippen molar-refractivity contribution in [3.8, 4) is 5.88 Å². The highest BCUT2D eigenvalue weighted by molar-refractivity contribution is 6.31. The summed E-state index contributed by atoms with van der Waals surface area (Å²) in [4.78, 5) is 20.9. The van der Waals surface area contributed by atoms with Crippen molar-refractivity contribution in [2.75, 3.05) is 19.0 Å². The SMILES string of the molecule is C/C=C\CC.CCOc1ncc(C(C)NC(=O)c2cc(C)nc(NC)c2)cc1Cl. The van der Waals surface area contributed by atoms with Gasteiger partial charge in [-0.15, -0.1) is 0 Å². The molecule has 1 amide bonds. The Morgan fingerprint density at radius 3 is 2.55 bits per heavy atom. The Hall–Kier alpha value is -2.60. The number of aromatic nitrogens is 2. The Labute approximate surface area is 178 Å². The summed E-state index contributed by atoms with van der Waals surface area (Å²) >= 11 is 6.15. The number of aryl methyl sites for hydroxylation is 1. The second kappa shape index (κ2) is 12.8. The highest BCUT2D eigenvalue weighted by Gasteiger charge is 2.15. The van der Waals surface area contributed by atoms with Crippen LogP contribution < -0.4 is 15.4 Å². The second-order valence-electron chi connectivity index (χ2n) is 6.29. The maximum Gasteiger partial charge on any atom is 0.251 e. The fourth-order valence-corrected chi connectivity index (χ4v) is 2.68. The summed E-state index contributed by atoms with van der Waals surface area (Å²) in [6.07, 6.45) is 7.00. The number of carbonyl (C=O) groups excluding carboxylic acids is 1. The van der Waals surface area contributed by atoms with Crippen LogP contribution in [-0.4, -0.2) is 29.5 Å². The number of nitrogens with one attached hydrogen (secondary N) is 2. The summed E-state index contributed by atoms with van der Waals surface area (Å²) in [5.41, 5.74) is 2.12. The van der Waals surface area contributed by atoms with Crippen LogP contribution in [0.15, 0.2) is 36.5 Å². The van der Waals surface area contributed by atoms with Gasteiger partial charge in [-0.05, 0) is 57.9 Å². The van der Waals surface area contributed by atoms with Gasteiger partial charge in [0.15, 0.2) is 0 Å². The predicted octanol–water partition coefficient (Wildman–Crippen LogP) is 5.34. The third-order valence-corrected chi connectivity index (χ3v) is 4.17. The van der Waals surface area contributed by atoms with Gasteiger partial charge in [0.2, 0.25) is 5.88 Å². The molecule has 0 bridgehead atoms. The zero-order valence-corrected chi connectivity index (χ0v) is 18.8. The van der Waals surface area contributed by atoms with Gasteiger partial charge in [-0.2, -0.15) is 0 Å². The molecule has 6 nitrogen and oxygen atoms in total. The van der Waals surface area contributed by atoms with Crippen LogP contribution in [0.25, 0.3) is 0 Å². The molecule has 2 heterocycles. The lowest BCUT2D eigenvalue weighted by Gasteiger charge is -2.16. The van der Waals surface area contributed by atoms with Crippen LogP contribution >= 0.6 is 11.6 Å². The van der Waals surface area contributed by atoms with Crippen LogP contribution in [0.5, 0.6) is 5.88 Å². The number of nitrogens with zero attached hydrogens (tertiary/aromatic N) is 2. The number of rotatable bonds is 7. The normalized spacial score (nSPS) is 11.4. The third kappa shape index (κ3) is 8.11. The summed E-state index contributed by atoms with van der Waals surface area (Å²) in [7, 11) is 1.76. The molecule has 1 unspecified atom stereocenters. The summed E-state index contributed by atoms with van der Waals surface area (Å²) in [5, 5.41) is 6.30.